The summed E-state index contributed by atoms with van der Waals surface area (Å²) in [6, 6.07) is 3.33. The van der Waals surface area contributed by atoms with Crippen LogP contribution in [0.5, 0.6) is 0 Å². The zero-order valence-corrected chi connectivity index (χ0v) is 11.6. The predicted octanol–water partition coefficient (Wildman–Crippen LogP) is 1.66. The summed E-state index contributed by atoms with van der Waals surface area (Å²) < 4.78 is 23.6. The molecule has 0 aliphatic carbocycles. The molecule has 0 N–H and O–H groups in total. The van der Waals surface area contributed by atoms with Crippen molar-refractivity contribution in [2.75, 3.05) is 18.8 Å². The van der Waals surface area contributed by atoms with Crippen molar-refractivity contribution in [1.29, 1.82) is 0 Å². The second-order valence-electron chi connectivity index (χ2n) is 3.89. The molecule has 0 aromatic carbocycles. The van der Waals surface area contributed by atoms with Crippen LogP contribution in [0.4, 0.5) is 0 Å². The van der Waals surface area contributed by atoms with Crippen LogP contribution in [0.15, 0.2) is 12.1 Å². The Morgan fingerprint density at radius 1 is 1.53 bits per heavy atom. The Kier molecular flexibility index (Phi) is 3.47. The van der Waals surface area contributed by atoms with Gasteiger partial charge in [-0.1, -0.05) is 18.5 Å². The van der Waals surface area contributed by atoms with E-state index in [-0.39, 0.29) is 11.7 Å². The molecule has 0 atom stereocenters. The van der Waals surface area contributed by atoms with Crippen LogP contribution in [0.25, 0.3) is 0 Å². The van der Waals surface area contributed by atoms with Crippen molar-refractivity contribution in [2.24, 2.45) is 0 Å². The molecule has 1 amide bonds. The Bertz CT molecular complexity index is 532. The Balaban J connectivity index is 1.99. The van der Waals surface area contributed by atoms with Crippen LogP contribution in [0, 0.1) is 0 Å². The molecule has 1 aromatic heterocycles. The normalized spacial score (nSPS) is 16.9. The molecule has 0 bridgehead atoms. The quantitative estimate of drug-likeness (QED) is 0.852. The zero-order chi connectivity index (χ0) is 12.6. The number of carbonyl (C=O) groups is 1. The molecular weight excluding hydrogens is 282 g/mol. The van der Waals surface area contributed by atoms with Gasteiger partial charge in [0, 0.05) is 18.8 Å². The summed E-state index contributed by atoms with van der Waals surface area (Å²) in [5, 5.41) is -0.396. The summed E-state index contributed by atoms with van der Waals surface area (Å²) in [5.41, 5.74) is 0. The van der Waals surface area contributed by atoms with E-state index in [9.17, 15) is 13.2 Å². The number of nitrogens with zero attached hydrogens (tertiary/aromatic N) is 1. The van der Waals surface area contributed by atoms with E-state index in [0.717, 1.165) is 0 Å². The Morgan fingerprint density at radius 3 is 2.65 bits per heavy atom. The van der Waals surface area contributed by atoms with E-state index in [4.69, 9.17) is 11.6 Å². The first-order valence-corrected chi connectivity index (χ1v) is 8.11. The topological polar surface area (TPSA) is 54.5 Å². The highest BCUT2D eigenvalue weighted by atomic mass is 35.5. The maximum Gasteiger partial charge on any atom is 0.264 e. The van der Waals surface area contributed by atoms with Gasteiger partial charge in [-0.05, 0) is 12.1 Å². The summed E-state index contributed by atoms with van der Waals surface area (Å²) in [4.78, 5) is 14.0. The third kappa shape index (κ3) is 2.48. The molecular formula is C10H12ClNO3S2. The fourth-order valence-electron chi connectivity index (χ4n) is 1.65. The Labute approximate surface area is 109 Å². The molecule has 1 aromatic rings. The number of hydrogen-bond donors (Lipinski definition) is 0. The number of amides is 1. The standard InChI is InChI=1S/C10H12ClNO3S2/c1-2-17(14,15)7-5-12(6-7)10(13)8-3-4-9(11)16-8/h3-4,7H,2,5-6H2,1H3. The van der Waals surface area contributed by atoms with Crippen LogP contribution in [-0.4, -0.2) is 43.3 Å². The van der Waals surface area contributed by atoms with Crippen LogP contribution in [0.3, 0.4) is 0 Å². The lowest BCUT2D eigenvalue weighted by Crippen LogP contribution is -2.57. The highest BCUT2D eigenvalue weighted by Crippen LogP contribution is 2.26. The summed E-state index contributed by atoms with van der Waals surface area (Å²) in [5.74, 6) is -0.00527. The van der Waals surface area contributed by atoms with Crippen LogP contribution < -0.4 is 0 Å². The van der Waals surface area contributed by atoms with Crippen molar-refractivity contribution in [3.8, 4) is 0 Å². The number of hydrogen-bond acceptors (Lipinski definition) is 4. The SMILES string of the molecule is CCS(=O)(=O)C1CN(C(=O)c2ccc(Cl)s2)C1. The highest BCUT2D eigenvalue weighted by Gasteiger charge is 2.39. The largest absolute Gasteiger partial charge is 0.335 e. The number of likely N-dealkylation sites (tertiary alicyclic amines) is 1. The molecule has 2 rings (SSSR count). The van der Waals surface area contributed by atoms with Gasteiger partial charge in [0.15, 0.2) is 9.84 Å². The van der Waals surface area contributed by atoms with Crippen molar-refractivity contribution in [1.82, 2.24) is 4.90 Å². The monoisotopic (exact) mass is 293 g/mol. The molecule has 94 valence electrons. The minimum absolute atomic E-state index is 0.129. The third-order valence-electron chi connectivity index (χ3n) is 2.83. The van der Waals surface area contributed by atoms with E-state index >= 15 is 0 Å². The number of rotatable bonds is 3. The molecule has 0 saturated carbocycles. The Morgan fingerprint density at radius 2 is 2.18 bits per heavy atom. The summed E-state index contributed by atoms with van der Waals surface area (Å²) in [7, 11) is -3.02. The highest BCUT2D eigenvalue weighted by molar-refractivity contribution is 7.92. The van der Waals surface area contributed by atoms with Gasteiger partial charge in [0.2, 0.25) is 0 Å². The molecule has 1 saturated heterocycles. The minimum Gasteiger partial charge on any atom is -0.335 e. The van der Waals surface area contributed by atoms with E-state index in [1.807, 2.05) is 0 Å². The van der Waals surface area contributed by atoms with Crippen LogP contribution in [-0.2, 0) is 9.84 Å². The molecule has 1 fully saturated rings. The van der Waals surface area contributed by atoms with Gasteiger partial charge < -0.3 is 4.90 Å². The van der Waals surface area contributed by atoms with E-state index in [0.29, 0.717) is 22.3 Å². The molecule has 17 heavy (non-hydrogen) atoms. The summed E-state index contributed by atoms with van der Waals surface area (Å²) >= 11 is 6.96. The van der Waals surface area contributed by atoms with E-state index in [1.165, 1.54) is 11.3 Å². The van der Waals surface area contributed by atoms with Gasteiger partial charge in [0.05, 0.1) is 14.5 Å². The summed E-state index contributed by atoms with van der Waals surface area (Å²) in [6.45, 7) is 2.22. The lowest BCUT2D eigenvalue weighted by molar-refractivity contribution is 0.0664. The first kappa shape index (κ1) is 12.9. The van der Waals surface area contributed by atoms with Gasteiger partial charge in [0.25, 0.3) is 5.91 Å². The van der Waals surface area contributed by atoms with Crippen molar-refractivity contribution in [3.05, 3.63) is 21.3 Å². The second kappa shape index (κ2) is 4.59. The third-order valence-corrected chi connectivity index (χ3v) is 6.17. The Hall–Kier alpha value is -0.590. The maximum atomic E-state index is 11.9. The van der Waals surface area contributed by atoms with Gasteiger partial charge in [-0.2, -0.15) is 0 Å². The zero-order valence-electron chi connectivity index (χ0n) is 9.22. The van der Waals surface area contributed by atoms with E-state index in [1.54, 1.807) is 24.0 Å². The molecule has 1 aliphatic heterocycles. The van der Waals surface area contributed by atoms with Crippen LogP contribution >= 0.6 is 22.9 Å². The van der Waals surface area contributed by atoms with Gasteiger partial charge in [-0.3, -0.25) is 4.79 Å². The van der Waals surface area contributed by atoms with Crippen LogP contribution in [0.1, 0.15) is 16.6 Å². The van der Waals surface area contributed by atoms with Crippen molar-refractivity contribution in [3.63, 3.8) is 0 Å². The number of carbonyl (C=O) groups excluding carboxylic acids is 1. The maximum absolute atomic E-state index is 11.9. The number of sulfone groups is 1. The lowest BCUT2D eigenvalue weighted by atomic mass is 10.2. The average molecular weight is 294 g/mol. The van der Waals surface area contributed by atoms with Gasteiger partial charge in [-0.15, -0.1) is 11.3 Å². The second-order valence-corrected chi connectivity index (χ2v) is 8.17. The fraction of sp³-hybridized carbons (Fsp3) is 0.500. The molecule has 0 radical (unpaired) electrons. The molecule has 2 heterocycles. The smallest absolute Gasteiger partial charge is 0.264 e. The number of halogens is 1. The molecule has 1 aliphatic rings. The van der Waals surface area contributed by atoms with E-state index < -0.39 is 15.1 Å². The van der Waals surface area contributed by atoms with Crippen LogP contribution in [0.2, 0.25) is 4.34 Å². The summed E-state index contributed by atoms with van der Waals surface area (Å²) in [6.07, 6.45) is 0. The molecule has 7 heteroatoms. The molecule has 0 unspecified atom stereocenters. The van der Waals surface area contributed by atoms with E-state index in [2.05, 4.69) is 0 Å². The van der Waals surface area contributed by atoms with Crippen molar-refractivity contribution >= 4 is 38.7 Å². The predicted molar refractivity (Wildman–Crippen MR) is 68.5 cm³/mol. The van der Waals surface area contributed by atoms with Crippen molar-refractivity contribution in [2.45, 2.75) is 12.2 Å². The first-order valence-electron chi connectivity index (χ1n) is 5.20. The first-order chi connectivity index (χ1) is 7.94. The fourth-order valence-corrected chi connectivity index (χ4v) is 3.95. The number of thiophene rings is 1. The minimum atomic E-state index is -3.02. The van der Waals surface area contributed by atoms with Gasteiger partial charge in [0.1, 0.15) is 0 Å². The lowest BCUT2D eigenvalue weighted by Gasteiger charge is -2.38. The molecule has 0 spiro atoms. The average Bonchev–Trinajstić information content (AvgIpc) is 2.62. The van der Waals surface area contributed by atoms with Crippen molar-refractivity contribution < 1.29 is 13.2 Å². The van der Waals surface area contributed by atoms with Gasteiger partial charge >= 0.3 is 0 Å². The molecule has 4 nitrogen and oxygen atoms in total. The van der Waals surface area contributed by atoms with Gasteiger partial charge in [-0.25, -0.2) is 8.42 Å².